The molecule has 0 spiro atoms. The SMILES string of the molecule is O=c1c(P(=O)(O)O)nc2ccccc2n1C1C[C@@H]2CCC[C@@H](C1)N2C1CCCCCCC1. The number of benzene rings is 1. The first-order chi connectivity index (χ1) is 15.4. The molecule has 3 fully saturated rings. The van der Waals surface area contributed by atoms with E-state index in [4.69, 9.17) is 0 Å². The minimum atomic E-state index is -4.76. The summed E-state index contributed by atoms with van der Waals surface area (Å²) in [4.78, 5) is 39.8. The number of piperidine rings is 2. The summed E-state index contributed by atoms with van der Waals surface area (Å²) in [6.07, 6.45) is 14.5. The van der Waals surface area contributed by atoms with Crippen molar-refractivity contribution in [3.63, 3.8) is 0 Å². The van der Waals surface area contributed by atoms with Gasteiger partial charge in [-0.05, 0) is 50.7 Å². The minimum absolute atomic E-state index is 0.0548. The van der Waals surface area contributed by atoms with Crippen LogP contribution in [0.3, 0.4) is 0 Å². The van der Waals surface area contributed by atoms with Gasteiger partial charge in [0, 0.05) is 24.2 Å². The molecule has 32 heavy (non-hydrogen) atoms. The van der Waals surface area contributed by atoms with Crippen molar-refractivity contribution in [1.29, 1.82) is 0 Å². The van der Waals surface area contributed by atoms with Crippen LogP contribution in [0.2, 0.25) is 0 Å². The molecule has 1 aliphatic carbocycles. The predicted octanol–water partition coefficient (Wildman–Crippen LogP) is 3.87. The Bertz CT molecular complexity index is 1060. The lowest BCUT2D eigenvalue weighted by atomic mass is 9.79. The molecule has 2 saturated heterocycles. The van der Waals surface area contributed by atoms with Gasteiger partial charge in [-0.25, -0.2) is 4.98 Å². The highest BCUT2D eigenvalue weighted by atomic mass is 31.2. The van der Waals surface area contributed by atoms with E-state index in [2.05, 4.69) is 9.88 Å². The number of fused-ring (bicyclic) bond motifs is 3. The van der Waals surface area contributed by atoms with Gasteiger partial charge in [0.1, 0.15) is 0 Å². The van der Waals surface area contributed by atoms with Gasteiger partial charge in [0.05, 0.1) is 11.0 Å². The average Bonchev–Trinajstić information content (AvgIpc) is 2.72. The molecule has 3 heterocycles. The van der Waals surface area contributed by atoms with E-state index in [9.17, 15) is 19.1 Å². The van der Waals surface area contributed by atoms with E-state index >= 15 is 0 Å². The van der Waals surface area contributed by atoms with E-state index in [1.807, 2.05) is 12.1 Å². The second-order valence-corrected chi connectivity index (χ2v) is 11.5. The van der Waals surface area contributed by atoms with Crippen LogP contribution in [0.4, 0.5) is 0 Å². The van der Waals surface area contributed by atoms with Gasteiger partial charge >= 0.3 is 7.60 Å². The van der Waals surface area contributed by atoms with Crippen molar-refractivity contribution in [3.05, 3.63) is 34.6 Å². The monoisotopic (exact) mass is 459 g/mol. The summed E-state index contributed by atoms with van der Waals surface area (Å²) in [5, 5.41) is 0. The van der Waals surface area contributed by atoms with Gasteiger partial charge in [0.25, 0.3) is 5.56 Å². The van der Waals surface area contributed by atoms with Crippen molar-refractivity contribution in [1.82, 2.24) is 14.5 Å². The fourth-order valence-electron chi connectivity index (χ4n) is 6.62. The second kappa shape index (κ2) is 9.02. The van der Waals surface area contributed by atoms with Gasteiger partial charge in [-0.2, -0.15) is 0 Å². The molecular formula is C24H34N3O4P. The molecule has 1 aromatic heterocycles. The Hall–Kier alpha value is -1.53. The van der Waals surface area contributed by atoms with Crippen LogP contribution in [0, 0.1) is 0 Å². The lowest BCUT2D eigenvalue weighted by Crippen LogP contribution is -2.57. The Morgan fingerprint density at radius 3 is 2.06 bits per heavy atom. The van der Waals surface area contributed by atoms with Crippen molar-refractivity contribution in [2.24, 2.45) is 0 Å². The molecule has 5 rings (SSSR count). The molecule has 2 aliphatic heterocycles. The van der Waals surface area contributed by atoms with E-state index in [0.29, 0.717) is 29.2 Å². The molecule has 2 atom stereocenters. The summed E-state index contributed by atoms with van der Waals surface area (Å²) in [5.41, 5.74) is -0.0986. The van der Waals surface area contributed by atoms with Gasteiger partial charge < -0.3 is 14.4 Å². The highest BCUT2D eigenvalue weighted by Crippen LogP contribution is 2.43. The topological polar surface area (TPSA) is 95.7 Å². The zero-order valence-electron chi connectivity index (χ0n) is 18.6. The first kappa shape index (κ1) is 22.3. The summed E-state index contributed by atoms with van der Waals surface area (Å²) < 4.78 is 13.7. The summed E-state index contributed by atoms with van der Waals surface area (Å²) in [5.74, 6) is 0. The third-order valence-corrected chi connectivity index (χ3v) is 8.76. The number of hydrogen-bond acceptors (Lipinski definition) is 4. The highest BCUT2D eigenvalue weighted by Gasteiger charge is 2.43. The maximum absolute atomic E-state index is 13.3. The standard InChI is InChI=1S/C24H34N3O4P/c28-24-23(32(29,30)31)25-21-13-6-7-14-22(21)27(24)20-15-18-11-8-12-19(16-20)26(18)17-9-4-2-1-3-5-10-17/h6-7,13-14,17-20H,1-5,8-12,15-16H2,(H2,29,30,31)/t18-,19-/m0/s1. The Morgan fingerprint density at radius 2 is 1.41 bits per heavy atom. The van der Waals surface area contributed by atoms with Gasteiger partial charge in [-0.3, -0.25) is 14.3 Å². The van der Waals surface area contributed by atoms with Crippen molar-refractivity contribution in [2.45, 2.75) is 101 Å². The van der Waals surface area contributed by atoms with Crippen LogP contribution in [-0.2, 0) is 4.57 Å². The first-order valence-corrected chi connectivity index (χ1v) is 13.9. The van der Waals surface area contributed by atoms with Crippen LogP contribution in [0.5, 0.6) is 0 Å². The minimum Gasteiger partial charge on any atom is -0.320 e. The molecule has 8 heteroatoms. The lowest BCUT2D eigenvalue weighted by molar-refractivity contribution is -0.0246. The molecule has 2 N–H and O–H groups in total. The molecule has 1 saturated carbocycles. The summed E-state index contributed by atoms with van der Waals surface area (Å²) in [6, 6.07) is 8.70. The summed E-state index contributed by atoms with van der Waals surface area (Å²) >= 11 is 0. The third kappa shape index (κ3) is 4.21. The molecule has 7 nitrogen and oxygen atoms in total. The molecule has 3 aliphatic rings. The maximum atomic E-state index is 13.3. The van der Waals surface area contributed by atoms with Crippen LogP contribution in [-0.4, -0.2) is 42.4 Å². The average molecular weight is 460 g/mol. The van der Waals surface area contributed by atoms with Crippen LogP contribution in [0.1, 0.15) is 83.1 Å². The van der Waals surface area contributed by atoms with Crippen molar-refractivity contribution < 1.29 is 14.4 Å². The number of hydrogen-bond donors (Lipinski definition) is 2. The Kier molecular flexibility index (Phi) is 6.28. The largest absolute Gasteiger partial charge is 0.380 e. The molecular weight excluding hydrogens is 425 g/mol. The van der Waals surface area contributed by atoms with Crippen molar-refractivity contribution in [3.8, 4) is 0 Å². The molecule has 2 bridgehead atoms. The van der Waals surface area contributed by atoms with E-state index in [1.165, 1.54) is 51.4 Å². The number of para-hydroxylation sites is 2. The summed E-state index contributed by atoms with van der Waals surface area (Å²) in [6.45, 7) is 0. The Morgan fingerprint density at radius 1 is 0.812 bits per heavy atom. The van der Waals surface area contributed by atoms with Crippen LogP contribution < -0.4 is 11.0 Å². The Balaban J connectivity index is 1.52. The Labute approximate surface area is 189 Å². The van der Waals surface area contributed by atoms with E-state index in [1.54, 1.807) is 16.7 Å². The first-order valence-electron chi connectivity index (χ1n) is 12.3. The number of rotatable bonds is 3. The lowest BCUT2D eigenvalue weighted by Gasteiger charge is -2.53. The van der Waals surface area contributed by atoms with Crippen LogP contribution in [0.15, 0.2) is 29.1 Å². The van der Waals surface area contributed by atoms with E-state index < -0.39 is 18.6 Å². The van der Waals surface area contributed by atoms with Gasteiger partial charge in [-0.1, -0.05) is 50.7 Å². The van der Waals surface area contributed by atoms with Gasteiger partial charge in [0.15, 0.2) is 0 Å². The van der Waals surface area contributed by atoms with Crippen molar-refractivity contribution in [2.75, 3.05) is 0 Å². The molecule has 0 radical (unpaired) electrons. The van der Waals surface area contributed by atoms with E-state index in [0.717, 1.165) is 25.7 Å². The molecule has 2 aromatic rings. The molecule has 0 amide bonds. The van der Waals surface area contributed by atoms with Crippen molar-refractivity contribution >= 4 is 24.1 Å². The van der Waals surface area contributed by atoms with Crippen LogP contribution >= 0.6 is 7.60 Å². The summed E-state index contributed by atoms with van der Waals surface area (Å²) in [7, 11) is -4.76. The van der Waals surface area contributed by atoms with Gasteiger partial charge in [0.2, 0.25) is 5.44 Å². The predicted molar refractivity (Wildman–Crippen MR) is 125 cm³/mol. The number of aromatic nitrogens is 2. The fraction of sp³-hybridized carbons (Fsp3) is 0.667. The number of nitrogens with zero attached hydrogens (tertiary/aromatic N) is 3. The second-order valence-electron chi connectivity index (χ2n) is 9.95. The van der Waals surface area contributed by atoms with Gasteiger partial charge in [-0.15, -0.1) is 0 Å². The van der Waals surface area contributed by atoms with E-state index in [-0.39, 0.29) is 6.04 Å². The molecule has 174 valence electrons. The highest BCUT2D eigenvalue weighted by molar-refractivity contribution is 7.59. The smallest absolute Gasteiger partial charge is 0.320 e. The third-order valence-electron chi connectivity index (χ3n) is 7.92. The normalized spacial score (nSPS) is 28.4. The maximum Gasteiger partial charge on any atom is 0.380 e. The fourth-order valence-corrected chi connectivity index (χ4v) is 7.22. The zero-order chi connectivity index (χ0) is 22.3. The van der Waals surface area contributed by atoms with Crippen LogP contribution in [0.25, 0.3) is 11.0 Å². The molecule has 1 aromatic carbocycles. The zero-order valence-corrected chi connectivity index (χ0v) is 19.5. The molecule has 0 unspecified atom stereocenters. The quantitative estimate of drug-likeness (QED) is 0.677.